The Balaban J connectivity index is 2.16. The first kappa shape index (κ1) is 10.8. The van der Waals surface area contributed by atoms with Crippen LogP contribution in [0, 0.1) is 0 Å². The van der Waals surface area contributed by atoms with Gasteiger partial charge < -0.3 is 9.84 Å². The number of aromatic hydroxyl groups is 1. The van der Waals surface area contributed by atoms with Crippen LogP contribution >= 0.6 is 0 Å². The number of aldehydes is 1. The van der Waals surface area contributed by atoms with Gasteiger partial charge in [0.15, 0.2) is 6.29 Å². The third-order valence-corrected chi connectivity index (χ3v) is 3.19. The molecule has 0 unspecified atom stereocenters. The van der Waals surface area contributed by atoms with Crippen molar-refractivity contribution in [3.05, 3.63) is 47.5 Å². The summed E-state index contributed by atoms with van der Waals surface area (Å²) in [5.74, 6) is 0.951. The molecule has 0 saturated heterocycles. The van der Waals surface area contributed by atoms with Crippen LogP contribution in [0.5, 0.6) is 11.5 Å². The van der Waals surface area contributed by atoms with Crippen molar-refractivity contribution in [2.75, 3.05) is 6.61 Å². The second kappa shape index (κ2) is 4.18. The largest absolute Gasteiger partial charge is 0.508 e. The van der Waals surface area contributed by atoms with Gasteiger partial charge in [-0.25, -0.2) is 0 Å². The summed E-state index contributed by atoms with van der Waals surface area (Å²) in [6, 6.07) is 10.8. The monoisotopic (exact) mass is 240 g/mol. The third kappa shape index (κ3) is 1.64. The molecule has 1 aliphatic rings. The highest BCUT2D eigenvalue weighted by molar-refractivity contribution is 5.84. The second-order valence-corrected chi connectivity index (χ2v) is 4.27. The van der Waals surface area contributed by atoms with E-state index in [1.165, 1.54) is 0 Å². The lowest BCUT2D eigenvalue weighted by Crippen LogP contribution is -1.91. The Hall–Kier alpha value is -2.29. The quantitative estimate of drug-likeness (QED) is 0.821. The topological polar surface area (TPSA) is 46.5 Å². The molecule has 0 fully saturated rings. The second-order valence-electron chi connectivity index (χ2n) is 4.27. The van der Waals surface area contributed by atoms with Crippen molar-refractivity contribution in [3.63, 3.8) is 0 Å². The number of benzene rings is 2. The van der Waals surface area contributed by atoms with Crippen LogP contribution in [-0.2, 0) is 6.42 Å². The normalized spacial score (nSPS) is 12.9. The zero-order chi connectivity index (χ0) is 12.5. The highest BCUT2D eigenvalue weighted by Gasteiger charge is 2.20. The average molecular weight is 240 g/mol. The third-order valence-electron chi connectivity index (χ3n) is 3.19. The zero-order valence-corrected chi connectivity index (χ0v) is 9.72. The lowest BCUT2D eigenvalue weighted by atomic mass is 9.96. The summed E-state index contributed by atoms with van der Waals surface area (Å²) in [5, 5.41) is 9.31. The molecule has 2 aromatic carbocycles. The molecular weight excluding hydrogens is 228 g/mol. The molecule has 0 spiro atoms. The van der Waals surface area contributed by atoms with Crippen LogP contribution in [0.25, 0.3) is 11.1 Å². The predicted molar refractivity (Wildman–Crippen MR) is 68.1 cm³/mol. The molecule has 0 radical (unpaired) electrons. The van der Waals surface area contributed by atoms with E-state index in [9.17, 15) is 9.90 Å². The standard InChI is InChI=1S/C15H12O3/c16-9-11-3-6-13(14-7-8-18-15(11)14)10-1-4-12(17)5-2-10/h1-6,9,17H,7-8H2. The minimum absolute atomic E-state index is 0.246. The van der Waals surface area contributed by atoms with Crippen molar-refractivity contribution in [3.8, 4) is 22.6 Å². The van der Waals surface area contributed by atoms with Gasteiger partial charge >= 0.3 is 0 Å². The summed E-state index contributed by atoms with van der Waals surface area (Å²) >= 11 is 0. The van der Waals surface area contributed by atoms with E-state index in [4.69, 9.17) is 4.74 Å². The van der Waals surface area contributed by atoms with Crippen molar-refractivity contribution >= 4 is 6.29 Å². The Kier molecular flexibility index (Phi) is 2.52. The van der Waals surface area contributed by atoms with E-state index in [0.29, 0.717) is 17.9 Å². The molecule has 0 atom stereocenters. The number of carbonyl (C=O) groups is 1. The molecule has 0 aliphatic carbocycles. The first-order valence-electron chi connectivity index (χ1n) is 5.83. The Labute approximate surface area is 105 Å². The zero-order valence-electron chi connectivity index (χ0n) is 9.72. The highest BCUT2D eigenvalue weighted by atomic mass is 16.5. The highest BCUT2D eigenvalue weighted by Crippen LogP contribution is 2.37. The molecule has 1 N–H and O–H groups in total. The smallest absolute Gasteiger partial charge is 0.153 e. The van der Waals surface area contributed by atoms with Gasteiger partial charge in [-0.15, -0.1) is 0 Å². The fraction of sp³-hybridized carbons (Fsp3) is 0.133. The number of carbonyl (C=O) groups excluding carboxylic acids is 1. The van der Waals surface area contributed by atoms with E-state index in [1.807, 2.05) is 18.2 Å². The van der Waals surface area contributed by atoms with Gasteiger partial charge in [-0.2, -0.15) is 0 Å². The molecule has 3 heteroatoms. The van der Waals surface area contributed by atoms with Gasteiger partial charge in [-0.05, 0) is 29.3 Å². The van der Waals surface area contributed by atoms with Crippen LogP contribution in [-0.4, -0.2) is 18.0 Å². The van der Waals surface area contributed by atoms with Crippen LogP contribution < -0.4 is 4.74 Å². The lowest BCUT2D eigenvalue weighted by molar-refractivity contribution is 0.112. The number of phenols is 1. The molecule has 0 aromatic heterocycles. The Morgan fingerprint density at radius 3 is 2.61 bits per heavy atom. The van der Waals surface area contributed by atoms with Gasteiger partial charge in [0.25, 0.3) is 0 Å². The van der Waals surface area contributed by atoms with Crippen molar-refractivity contribution in [1.29, 1.82) is 0 Å². The summed E-state index contributed by atoms with van der Waals surface area (Å²) in [4.78, 5) is 10.9. The van der Waals surface area contributed by atoms with Crippen LogP contribution in [0.2, 0.25) is 0 Å². The molecule has 0 bridgehead atoms. The first-order chi connectivity index (χ1) is 8.79. The maximum atomic E-state index is 10.9. The van der Waals surface area contributed by atoms with Crippen LogP contribution in [0.1, 0.15) is 15.9 Å². The average Bonchev–Trinajstić information content (AvgIpc) is 2.88. The van der Waals surface area contributed by atoms with Crippen molar-refractivity contribution in [1.82, 2.24) is 0 Å². The van der Waals surface area contributed by atoms with E-state index in [1.54, 1.807) is 18.2 Å². The van der Waals surface area contributed by atoms with Crippen LogP contribution in [0.15, 0.2) is 36.4 Å². The number of ether oxygens (including phenoxy) is 1. The number of fused-ring (bicyclic) bond motifs is 1. The summed E-state index contributed by atoms with van der Waals surface area (Å²) in [6.07, 6.45) is 1.64. The van der Waals surface area contributed by atoms with Crippen LogP contribution in [0.3, 0.4) is 0 Å². The van der Waals surface area contributed by atoms with E-state index in [-0.39, 0.29) is 5.75 Å². The van der Waals surface area contributed by atoms with Gasteiger partial charge in [0.2, 0.25) is 0 Å². The fourth-order valence-corrected chi connectivity index (χ4v) is 2.32. The molecule has 3 rings (SSSR count). The van der Waals surface area contributed by atoms with Gasteiger partial charge in [0.05, 0.1) is 12.2 Å². The van der Waals surface area contributed by atoms with Crippen molar-refractivity contribution in [2.45, 2.75) is 6.42 Å². The van der Waals surface area contributed by atoms with Gasteiger partial charge in [-0.3, -0.25) is 4.79 Å². The summed E-state index contributed by atoms with van der Waals surface area (Å²) in [6.45, 7) is 0.616. The van der Waals surface area contributed by atoms with Crippen molar-refractivity contribution in [2.24, 2.45) is 0 Å². The Morgan fingerprint density at radius 1 is 1.11 bits per heavy atom. The Bertz CT molecular complexity index is 600. The predicted octanol–water partition coefficient (Wildman–Crippen LogP) is 2.81. The molecule has 0 amide bonds. The molecule has 90 valence electrons. The maximum absolute atomic E-state index is 10.9. The van der Waals surface area contributed by atoms with E-state index in [2.05, 4.69) is 0 Å². The fourth-order valence-electron chi connectivity index (χ4n) is 2.32. The van der Waals surface area contributed by atoms with Gasteiger partial charge in [0, 0.05) is 12.0 Å². The number of phenolic OH excluding ortho intramolecular Hbond substituents is 1. The first-order valence-corrected chi connectivity index (χ1v) is 5.83. The molecule has 3 nitrogen and oxygen atoms in total. The molecular formula is C15H12O3. The van der Waals surface area contributed by atoms with Gasteiger partial charge in [-0.1, -0.05) is 18.2 Å². The molecule has 2 aromatic rings. The molecule has 0 saturated carbocycles. The molecule has 1 aliphatic heterocycles. The summed E-state index contributed by atoms with van der Waals surface area (Å²) in [7, 11) is 0. The van der Waals surface area contributed by atoms with Crippen LogP contribution in [0.4, 0.5) is 0 Å². The molecule has 1 heterocycles. The minimum Gasteiger partial charge on any atom is -0.508 e. The summed E-state index contributed by atoms with van der Waals surface area (Å²) < 4.78 is 5.53. The molecule has 18 heavy (non-hydrogen) atoms. The van der Waals surface area contributed by atoms with E-state index < -0.39 is 0 Å². The van der Waals surface area contributed by atoms with E-state index in [0.717, 1.165) is 29.4 Å². The maximum Gasteiger partial charge on any atom is 0.153 e. The lowest BCUT2D eigenvalue weighted by Gasteiger charge is -2.09. The number of hydrogen-bond donors (Lipinski definition) is 1. The van der Waals surface area contributed by atoms with Crippen molar-refractivity contribution < 1.29 is 14.6 Å². The van der Waals surface area contributed by atoms with Gasteiger partial charge in [0.1, 0.15) is 11.5 Å². The number of rotatable bonds is 2. The van der Waals surface area contributed by atoms with E-state index >= 15 is 0 Å². The SMILES string of the molecule is O=Cc1ccc(-c2ccc(O)cc2)c2c1OCC2. The Morgan fingerprint density at radius 2 is 1.89 bits per heavy atom. The minimum atomic E-state index is 0.246. The number of hydrogen-bond acceptors (Lipinski definition) is 3. The summed E-state index contributed by atoms with van der Waals surface area (Å²) in [5.41, 5.74) is 3.76.